The molecule has 0 bridgehead atoms. The zero-order chi connectivity index (χ0) is 21.8. The number of ether oxygens (including phenoxy) is 1. The Balaban J connectivity index is 1.33. The highest BCUT2D eigenvalue weighted by Crippen LogP contribution is 2.28. The largest absolute Gasteiger partial charge is 0.497 e. The smallest absolute Gasteiger partial charge is 0.228 e. The highest BCUT2D eigenvalue weighted by Gasteiger charge is 2.25. The first-order valence-electron chi connectivity index (χ1n) is 10.4. The van der Waals surface area contributed by atoms with Gasteiger partial charge in [-0.2, -0.15) is 5.10 Å². The average Bonchev–Trinajstić information content (AvgIpc) is 3.41. The maximum Gasteiger partial charge on any atom is 0.228 e. The second kappa shape index (κ2) is 9.07. The van der Waals surface area contributed by atoms with E-state index < -0.39 is 0 Å². The first kappa shape index (κ1) is 20.7. The van der Waals surface area contributed by atoms with Crippen LogP contribution in [0.4, 0.5) is 5.82 Å². The standard InChI is InChI=1S/C23H27N5O3/c1-26-12-3-5-20(26)19-15-22-27(13-4-14-28(22)25-19)23(30)11-10-21(29)24-16-17-6-8-18(31-2)9-7-17/h3,5-9,12,15H,4,10-11,13-14,16H2,1-2H3,(H,24,29). The van der Waals surface area contributed by atoms with Gasteiger partial charge < -0.3 is 14.6 Å². The molecule has 0 saturated carbocycles. The number of rotatable bonds is 7. The molecule has 0 unspecified atom stereocenters. The van der Waals surface area contributed by atoms with E-state index in [0.29, 0.717) is 13.1 Å². The third kappa shape index (κ3) is 4.63. The van der Waals surface area contributed by atoms with Gasteiger partial charge in [0.25, 0.3) is 0 Å². The lowest BCUT2D eigenvalue weighted by Crippen LogP contribution is -2.38. The van der Waals surface area contributed by atoms with Crippen molar-refractivity contribution in [3.63, 3.8) is 0 Å². The Bertz CT molecular complexity index is 1070. The topological polar surface area (TPSA) is 81.4 Å². The van der Waals surface area contributed by atoms with E-state index in [4.69, 9.17) is 4.74 Å². The van der Waals surface area contributed by atoms with Crippen LogP contribution in [0.5, 0.6) is 5.75 Å². The lowest BCUT2D eigenvalue weighted by Gasteiger charge is -2.27. The summed E-state index contributed by atoms with van der Waals surface area (Å²) < 4.78 is 9.02. The van der Waals surface area contributed by atoms with Crippen molar-refractivity contribution in [1.29, 1.82) is 0 Å². The molecule has 0 fully saturated rings. The quantitative estimate of drug-likeness (QED) is 0.636. The molecule has 0 atom stereocenters. The monoisotopic (exact) mass is 421 g/mol. The Morgan fingerprint density at radius 1 is 1.13 bits per heavy atom. The number of carbonyl (C=O) groups excluding carboxylic acids is 2. The molecule has 31 heavy (non-hydrogen) atoms. The molecule has 3 aromatic rings. The van der Waals surface area contributed by atoms with Crippen LogP contribution in [-0.4, -0.2) is 39.8 Å². The van der Waals surface area contributed by atoms with Crippen LogP contribution < -0.4 is 15.0 Å². The van der Waals surface area contributed by atoms with Gasteiger partial charge in [0.1, 0.15) is 17.3 Å². The van der Waals surface area contributed by atoms with Gasteiger partial charge in [-0.25, -0.2) is 4.68 Å². The number of anilines is 1. The van der Waals surface area contributed by atoms with Gasteiger partial charge >= 0.3 is 0 Å². The summed E-state index contributed by atoms with van der Waals surface area (Å²) in [6.45, 7) is 1.85. The van der Waals surface area contributed by atoms with Gasteiger partial charge in [-0.1, -0.05) is 12.1 Å². The molecule has 1 aromatic carbocycles. The fourth-order valence-electron chi connectivity index (χ4n) is 3.77. The molecule has 8 heteroatoms. The number of aryl methyl sites for hydroxylation is 2. The zero-order valence-electron chi connectivity index (χ0n) is 17.9. The fraction of sp³-hybridized carbons (Fsp3) is 0.348. The zero-order valence-corrected chi connectivity index (χ0v) is 17.9. The van der Waals surface area contributed by atoms with E-state index >= 15 is 0 Å². The fourth-order valence-corrected chi connectivity index (χ4v) is 3.77. The van der Waals surface area contributed by atoms with Gasteiger partial charge in [0, 0.05) is 51.8 Å². The van der Waals surface area contributed by atoms with Gasteiger partial charge in [0.05, 0.1) is 12.8 Å². The summed E-state index contributed by atoms with van der Waals surface area (Å²) in [4.78, 5) is 26.9. The van der Waals surface area contributed by atoms with Crippen LogP contribution in [0.1, 0.15) is 24.8 Å². The van der Waals surface area contributed by atoms with E-state index in [1.807, 2.05) is 65.0 Å². The third-order valence-electron chi connectivity index (χ3n) is 5.51. The first-order valence-corrected chi connectivity index (χ1v) is 10.4. The minimum atomic E-state index is -0.140. The maximum atomic E-state index is 12.9. The molecule has 1 N–H and O–H groups in total. The molecule has 4 rings (SSSR count). The second-order valence-electron chi connectivity index (χ2n) is 7.64. The highest BCUT2D eigenvalue weighted by atomic mass is 16.5. The van der Waals surface area contributed by atoms with Crippen molar-refractivity contribution in [2.75, 3.05) is 18.6 Å². The van der Waals surface area contributed by atoms with Crippen LogP contribution in [0.3, 0.4) is 0 Å². The molecular weight excluding hydrogens is 394 g/mol. The average molecular weight is 422 g/mol. The number of benzene rings is 1. The number of fused-ring (bicyclic) bond motifs is 1. The second-order valence-corrected chi connectivity index (χ2v) is 7.64. The SMILES string of the molecule is COc1ccc(CNC(=O)CCC(=O)N2CCCn3nc(-c4cccn4C)cc32)cc1. The van der Waals surface area contributed by atoms with Crippen LogP contribution in [0.25, 0.3) is 11.4 Å². The lowest BCUT2D eigenvalue weighted by molar-refractivity contribution is -0.125. The van der Waals surface area contributed by atoms with E-state index in [2.05, 4.69) is 10.4 Å². The number of aromatic nitrogens is 3. The Kier molecular flexibility index (Phi) is 6.06. The maximum absolute atomic E-state index is 12.9. The van der Waals surface area contributed by atoms with Crippen molar-refractivity contribution >= 4 is 17.6 Å². The van der Waals surface area contributed by atoms with E-state index in [1.165, 1.54) is 0 Å². The van der Waals surface area contributed by atoms with E-state index in [-0.39, 0.29) is 24.7 Å². The summed E-state index contributed by atoms with van der Waals surface area (Å²) in [7, 11) is 3.59. The molecule has 1 aliphatic heterocycles. The van der Waals surface area contributed by atoms with Gasteiger partial charge in [-0.05, 0) is 36.2 Å². The van der Waals surface area contributed by atoms with Crippen LogP contribution in [0.2, 0.25) is 0 Å². The van der Waals surface area contributed by atoms with Crippen molar-refractivity contribution in [1.82, 2.24) is 19.7 Å². The minimum Gasteiger partial charge on any atom is -0.497 e. The van der Waals surface area contributed by atoms with Crippen LogP contribution >= 0.6 is 0 Å². The number of nitrogens with one attached hydrogen (secondary N) is 1. The van der Waals surface area contributed by atoms with Gasteiger partial charge in [0.15, 0.2) is 0 Å². The van der Waals surface area contributed by atoms with Gasteiger partial charge in [0.2, 0.25) is 11.8 Å². The van der Waals surface area contributed by atoms with Crippen LogP contribution in [0.15, 0.2) is 48.7 Å². The van der Waals surface area contributed by atoms with Crippen molar-refractivity contribution in [3.05, 3.63) is 54.2 Å². The Morgan fingerprint density at radius 2 is 1.94 bits per heavy atom. The molecule has 8 nitrogen and oxygen atoms in total. The summed E-state index contributed by atoms with van der Waals surface area (Å²) in [6, 6.07) is 13.5. The molecule has 0 saturated heterocycles. The predicted molar refractivity (Wildman–Crippen MR) is 118 cm³/mol. The van der Waals surface area contributed by atoms with E-state index in [9.17, 15) is 9.59 Å². The summed E-state index contributed by atoms with van der Waals surface area (Å²) >= 11 is 0. The van der Waals surface area contributed by atoms with Crippen molar-refractivity contribution in [3.8, 4) is 17.1 Å². The number of hydrogen-bond donors (Lipinski definition) is 1. The predicted octanol–water partition coefficient (Wildman–Crippen LogP) is 2.73. The lowest BCUT2D eigenvalue weighted by atomic mass is 10.2. The molecule has 0 radical (unpaired) electrons. The molecule has 0 aliphatic carbocycles. The molecule has 3 heterocycles. The van der Waals surface area contributed by atoms with E-state index in [0.717, 1.165) is 41.5 Å². The number of amides is 2. The number of methoxy groups -OCH3 is 1. The number of hydrogen-bond acceptors (Lipinski definition) is 4. The van der Waals surface area contributed by atoms with Crippen molar-refractivity contribution < 1.29 is 14.3 Å². The summed E-state index contributed by atoms with van der Waals surface area (Å²) in [5.41, 5.74) is 2.83. The minimum absolute atomic E-state index is 0.0566. The first-order chi connectivity index (χ1) is 15.0. The summed E-state index contributed by atoms with van der Waals surface area (Å²) in [5.74, 6) is 1.38. The summed E-state index contributed by atoms with van der Waals surface area (Å²) in [6.07, 6.45) is 3.14. The number of carbonyl (C=O) groups is 2. The normalized spacial score (nSPS) is 13.0. The molecule has 2 amide bonds. The molecule has 2 aromatic heterocycles. The summed E-state index contributed by atoms with van der Waals surface area (Å²) in [5, 5.41) is 7.54. The Hall–Kier alpha value is -3.55. The third-order valence-corrected chi connectivity index (χ3v) is 5.51. The van der Waals surface area contributed by atoms with Crippen LogP contribution in [-0.2, 0) is 29.7 Å². The van der Waals surface area contributed by atoms with Crippen molar-refractivity contribution in [2.45, 2.75) is 32.4 Å². The molecule has 1 aliphatic rings. The molecule has 162 valence electrons. The molecular formula is C23H27N5O3. The molecule has 0 spiro atoms. The van der Waals surface area contributed by atoms with Crippen LogP contribution in [0, 0.1) is 0 Å². The highest BCUT2D eigenvalue weighted by molar-refractivity contribution is 5.95. The Morgan fingerprint density at radius 3 is 2.65 bits per heavy atom. The van der Waals surface area contributed by atoms with E-state index in [1.54, 1.807) is 12.0 Å². The Labute approximate surface area is 181 Å². The van der Waals surface area contributed by atoms with Gasteiger partial charge in [-0.15, -0.1) is 0 Å². The van der Waals surface area contributed by atoms with Crippen molar-refractivity contribution in [2.24, 2.45) is 7.05 Å². The van der Waals surface area contributed by atoms with Gasteiger partial charge in [-0.3, -0.25) is 14.5 Å². The number of nitrogens with zero attached hydrogens (tertiary/aromatic N) is 4.